The Balaban J connectivity index is 1.93. The summed E-state index contributed by atoms with van der Waals surface area (Å²) < 4.78 is 0. The molecule has 1 aromatic rings. The molecule has 106 valence electrons. The van der Waals surface area contributed by atoms with E-state index in [4.69, 9.17) is 5.84 Å². The predicted molar refractivity (Wildman–Crippen MR) is 78.0 cm³/mol. The van der Waals surface area contributed by atoms with Crippen LogP contribution in [-0.4, -0.2) is 48.9 Å². The fraction of sp³-hybridized carbons (Fsp3) is 0.615. The number of nitrogen functional groups attached to an aromatic ring is 1. The molecular formula is C13H22N4OS. The first-order valence-corrected chi connectivity index (χ1v) is 7.46. The standard InChI is InChI=1S/C13H22N4OS/c1-16(2)11-3-6-17(7-4-11)9-10-5-8-19-12(10)13(18)15-14/h5,8,11H,3-4,6-7,9,14H2,1-2H3,(H,15,18). The van der Waals surface area contributed by atoms with Gasteiger partial charge in [-0.25, -0.2) is 5.84 Å². The molecule has 0 atom stereocenters. The number of carbonyl (C=O) groups is 1. The Kier molecular flexibility index (Phi) is 4.93. The number of hydrogen-bond acceptors (Lipinski definition) is 5. The fourth-order valence-electron chi connectivity index (χ4n) is 2.56. The third-order valence-electron chi connectivity index (χ3n) is 3.77. The molecule has 5 nitrogen and oxygen atoms in total. The second-order valence-corrected chi connectivity index (χ2v) is 6.14. The van der Waals surface area contributed by atoms with Gasteiger partial charge >= 0.3 is 0 Å². The number of likely N-dealkylation sites (tertiary alicyclic amines) is 1. The molecule has 1 aromatic heterocycles. The molecule has 6 heteroatoms. The summed E-state index contributed by atoms with van der Waals surface area (Å²) in [7, 11) is 4.28. The van der Waals surface area contributed by atoms with E-state index in [1.807, 2.05) is 11.4 Å². The SMILES string of the molecule is CN(C)C1CCN(Cc2ccsc2C(=O)NN)CC1. The number of piperidine rings is 1. The molecule has 1 amide bonds. The minimum absolute atomic E-state index is 0.187. The predicted octanol–water partition coefficient (Wildman–Crippen LogP) is 0.878. The Bertz CT molecular complexity index is 424. The number of nitrogens with one attached hydrogen (secondary N) is 1. The summed E-state index contributed by atoms with van der Waals surface area (Å²) in [5.41, 5.74) is 3.29. The lowest BCUT2D eigenvalue weighted by Gasteiger charge is -2.35. The minimum Gasteiger partial charge on any atom is -0.306 e. The largest absolute Gasteiger partial charge is 0.306 e. The van der Waals surface area contributed by atoms with Gasteiger partial charge in [0.1, 0.15) is 0 Å². The molecule has 2 heterocycles. The van der Waals surface area contributed by atoms with Crippen LogP contribution in [0.25, 0.3) is 0 Å². The molecule has 1 fully saturated rings. The Labute approximate surface area is 118 Å². The van der Waals surface area contributed by atoms with Gasteiger partial charge in [0.2, 0.25) is 0 Å². The van der Waals surface area contributed by atoms with Crippen molar-refractivity contribution in [2.24, 2.45) is 5.84 Å². The van der Waals surface area contributed by atoms with Crippen molar-refractivity contribution in [1.29, 1.82) is 0 Å². The van der Waals surface area contributed by atoms with Gasteiger partial charge in [-0.2, -0.15) is 0 Å². The highest BCUT2D eigenvalue weighted by molar-refractivity contribution is 7.12. The van der Waals surface area contributed by atoms with Crippen molar-refractivity contribution >= 4 is 17.2 Å². The highest BCUT2D eigenvalue weighted by atomic mass is 32.1. The second kappa shape index (κ2) is 6.47. The third kappa shape index (κ3) is 3.54. The molecule has 19 heavy (non-hydrogen) atoms. The van der Waals surface area contributed by atoms with Crippen molar-refractivity contribution in [1.82, 2.24) is 15.2 Å². The molecule has 0 bridgehead atoms. The first-order chi connectivity index (χ1) is 9.11. The average molecular weight is 282 g/mol. The van der Waals surface area contributed by atoms with E-state index in [2.05, 4.69) is 29.3 Å². The summed E-state index contributed by atoms with van der Waals surface area (Å²) in [5.74, 6) is 5.02. The van der Waals surface area contributed by atoms with Crippen LogP contribution < -0.4 is 11.3 Å². The molecule has 1 saturated heterocycles. The summed E-state index contributed by atoms with van der Waals surface area (Å²) in [4.78, 5) is 17.1. The Morgan fingerprint density at radius 2 is 2.21 bits per heavy atom. The molecule has 3 N–H and O–H groups in total. The summed E-state index contributed by atoms with van der Waals surface area (Å²) in [5, 5.41) is 1.95. The van der Waals surface area contributed by atoms with Crippen LogP contribution in [0.2, 0.25) is 0 Å². The summed E-state index contributed by atoms with van der Waals surface area (Å²) in [6, 6.07) is 2.71. The van der Waals surface area contributed by atoms with Crippen LogP contribution in [0.3, 0.4) is 0 Å². The van der Waals surface area contributed by atoms with Crippen LogP contribution in [0.4, 0.5) is 0 Å². The minimum atomic E-state index is -0.187. The number of nitrogens with zero attached hydrogens (tertiary/aromatic N) is 2. The number of thiophene rings is 1. The zero-order chi connectivity index (χ0) is 13.8. The second-order valence-electron chi connectivity index (χ2n) is 5.22. The van der Waals surface area contributed by atoms with Gasteiger partial charge < -0.3 is 4.90 Å². The van der Waals surface area contributed by atoms with Crippen LogP contribution in [0.1, 0.15) is 28.1 Å². The Morgan fingerprint density at radius 1 is 1.53 bits per heavy atom. The van der Waals surface area contributed by atoms with Crippen molar-refractivity contribution in [3.63, 3.8) is 0 Å². The number of nitrogens with two attached hydrogens (primary N) is 1. The first-order valence-electron chi connectivity index (χ1n) is 6.58. The van der Waals surface area contributed by atoms with E-state index in [9.17, 15) is 4.79 Å². The molecule has 2 rings (SSSR count). The van der Waals surface area contributed by atoms with Crippen molar-refractivity contribution in [2.45, 2.75) is 25.4 Å². The molecule has 0 aromatic carbocycles. The lowest BCUT2D eigenvalue weighted by Crippen LogP contribution is -2.41. The molecule has 1 aliphatic rings. The number of rotatable bonds is 4. The molecule has 0 spiro atoms. The normalized spacial score (nSPS) is 17.9. The first kappa shape index (κ1) is 14.5. The Morgan fingerprint density at radius 3 is 2.79 bits per heavy atom. The molecule has 0 aliphatic carbocycles. The number of carbonyl (C=O) groups excluding carboxylic acids is 1. The van der Waals surface area contributed by atoms with E-state index >= 15 is 0 Å². The van der Waals surface area contributed by atoms with Gasteiger partial charge in [0.15, 0.2) is 0 Å². The van der Waals surface area contributed by atoms with Crippen LogP contribution in [-0.2, 0) is 6.54 Å². The van der Waals surface area contributed by atoms with E-state index in [0.717, 1.165) is 30.1 Å². The number of hydrazine groups is 1. The van der Waals surface area contributed by atoms with E-state index in [1.54, 1.807) is 0 Å². The highest BCUT2D eigenvalue weighted by Gasteiger charge is 2.22. The molecule has 0 unspecified atom stereocenters. The van der Waals surface area contributed by atoms with Crippen molar-refractivity contribution in [2.75, 3.05) is 27.2 Å². The van der Waals surface area contributed by atoms with E-state index < -0.39 is 0 Å². The van der Waals surface area contributed by atoms with Crippen molar-refractivity contribution < 1.29 is 4.79 Å². The zero-order valence-electron chi connectivity index (χ0n) is 11.6. The maximum Gasteiger partial charge on any atom is 0.275 e. The van der Waals surface area contributed by atoms with Crippen LogP contribution in [0.5, 0.6) is 0 Å². The van der Waals surface area contributed by atoms with Gasteiger partial charge in [0.05, 0.1) is 4.88 Å². The number of hydrogen-bond donors (Lipinski definition) is 2. The van der Waals surface area contributed by atoms with E-state index in [-0.39, 0.29) is 5.91 Å². The Hall–Kier alpha value is -0.950. The summed E-state index contributed by atoms with van der Waals surface area (Å²) in [6.45, 7) is 3.01. The summed E-state index contributed by atoms with van der Waals surface area (Å²) in [6.07, 6.45) is 2.38. The number of amides is 1. The fourth-order valence-corrected chi connectivity index (χ4v) is 3.38. The van der Waals surface area contributed by atoms with Crippen LogP contribution in [0, 0.1) is 0 Å². The maximum absolute atomic E-state index is 11.6. The van der Waals surface area contributed by atoms with Gasteiger partial charge in [0, 0.05) is 12.6 Å². The highest BCUT2D eigenvalue weighted by Crippen LogP contribution is 2.21. The molecular weight excluding hydrogens is 260 g/mol. The molecule has 1 aliphatic heterocycles. The van der Waals surface area contributed by atoms with Crippen molar-refractivity contribution in [3.05, 3.63) is 21.9 Å². The lowest BCUT2D eigenvalue weighted by atomic mass is 10.0. The van der Waals surface area contributed by atoms with Crippen LogP contribution in [0.15, 0.2) is 11.4 Å². The average Bonchev–Trinajstić information content (AvgIpc) is 2.86. The lowest BCUT2D eigenvalue weighted by molar-refractivity contribution is 0.0954. The quantitative estimate of drug-likeness (QED) is 0.489. The smallest absolute Gasteiger partial charge is 0.275 e. The topological polar surface area (TPSA) is 61.6 Å². The van der Waals surface area contributed by atoms with E-state index in [0.29, 0.717) is 6.04 Å². The maximum atomic E-state index is 11.6. The van der Waals surface area contributed by atoms with Gasteiger partial charge in [0.25, 0.3) is 5.91 Å². The van der Waals surface area contributed by atoms with Crippen molar-refractivity contribution in [3.8, 4) is 0 Å². The zero-order valence-corrected chi connectivity index (χ0v) is 12.4. The monoisotopic (exact) mass is 282 g/mol. The third-order valence-corrected chi connectivity index (χ3v) is 4.72. The summed E-state index contributed by atoms with van der Waals surface area (Å²) >= 11 is 1.45. The van der Waals surface area contributed by atoms with E-state index in [1.165, 1.54) is 24.2 Å². The van der Waals surface area contributed by atoms with Gasteiger partial charge in [-0.15, -0.1) is 11.3 Å². The van der Waals surface area contributed by atoms with Gasteiger partial charge in [-0.3, -0.25) is 15.1 Å². The van der Waals surface area contributed by atoms with Crippen LogP contribution >= 0.6 is 11.3 Å². The van der Waals surface area contributed by atoms with Gasteiger partial charge in [-0.05, 0) is 57.0 Å². The molecule has 0 radical (unpaired) electrons. The molecule has 0 saturated carbocycles. The van der Waals surface area contributed by atoms with Gasteiger partial charge in [-0.1, -0.05) is 0 Å².